The third-order valence-corrected chi connectivity index (χ3v) is 10.5. The minimum Gasteiger partial charge on any atom is -0.381 e. The van der Waals surface area contributed by atoms with E-state index in [1.807, 2.05) is 18.3 Å². The van der Waals surface area contributed by atoms with E-state index >= 15 is 0 Å². The summed E-state index contributed by atoms with van der Waals surface area (Å²) < 4.78 is 7.42. The van der Waals surface area contributed by atoms with E-state index in [0.29, 0.717) is 65.4 Å². The summed E-state index contributed by atoms with van der Waals surface area (Å²) >= 11 is 6.91. The van der Waals surface area contributed by atoms with Crippen LogP contribution in [0.3, 0.4) is 0 Å². The van der Waals surface area contributed by atoms with Crippen molar-refractivity contribution in [3.05, 3.63) is 81.4 Å². The Labute approximate surface area is 281 Å². The Morgan fingerprint density at radius 1 is 1.09 bits per heavy atom. The van der Waals surface area contributed by atoms with E-state index in [2.05, 4.69) is 59.1 Å². The SMILES string of the molecule is C=C(C)C1CCC(c2cnc(-c3cc4cnc(Nc5ccc(N6CCNCC6)c(C)c5)nc4n(CC4CCOCC4)c3=O)c(Cl)c2)C1. The summed E-state index contributed by atoms with van der Waals surface area (Å²) in [6.45, 7) is 14.3. The molecule has 10 heteroatoms. The molecule has 1 saturated carbocycles. The number of ether oxygens (including phenoxy) is 1. The van der Waals surface area contributed by atoms with Crippen molar-refractivity contribution in [2.24, 2.45) is 11.8 Å². The summed E-state index contributed by atoms with van der Waals surface area (Å²) in [5.74, 6) is 1.70. The van der Waals surface area contributed by atoms with Gasteiger partial charge >= 0.3 is 0 Å². The van der Waals surface area contributed by atoms with Crippen LogP contribution < -0.4 is 21.1 Å². The van der Waals surface area contributed by atoms with Crippen LogP contribution in [0, 0.1) is 18.8 Å². The van der Waals surface area contributed by atoms with E-state index in [-0.39, 0.29) is 5.56 Å². The number of allylic oxidation sites excluding steroid dienone is 1. The smallest absolute Gasteiger partial charge is 0.261 e. The van der Waals surface area contributed by atoms with Gasteiger partial charge in [-0.1, -0.05) is 23.8 Å². The maximum absolute atomic E-state index is 14.3. The summed E-state index contributed by atoms with van der Waals surface area (Å²) in [4.78, 5) is 31.1. The fourth-order valence-electron chi connectivity index (χ4n) is 7.47. The lowest BCUT2D eigenvalue weighted by Gasteiger charge is -2.30. The highest BCUT2D eigenvalue weighted by molar-refractivity contribution is 6.33. The summed E-state index contributed by atoms with van der Waals surface area (Å²) in [6.07, 6.45) is 8.77. The first kappa shape index (κ1) is 31.8. The van der Waals surface area contributed by atoms with Crippen LogP contribution in [-0.4, -0.2) is 58.9 Å². The molecule has 5 heterocycles. The Bertz CT molecular complexity index is 1840. The van der Waals surface area contributed by atoms with Crippen molar-refractivity contribution in [1.82, 2.24) is 24.8 Å². The van der Waals surface area contributed by atoms with Crippen LogP contribution >= 0.6 is 11.6 Å². The average Bonchev–Trinajstić information content (AvgIpc) is 3.58. The van der Waals surface area contributed by atoms with Gasteiger partial charge in [-0.3, -0.25) is 14.3 Å². The highest BCUT2D eigenvalue weighted by Gasteiger charge is 2.28. The minimum absolute atomic E-state index is 0.143. The number of anilines is 3. The third kappa shape index (κ3) is 6.80. The molecular weight excluding hydrogens is 610 g/mol. The van der Waals surface area contributed by atoms with Crippen molar-refractivity contribution in [1.29, 1.82) is 0 Å². The molecular formula is C37H44ClN7O2. The van der Waals surface area contributed by atoms with Gasteiger partial charge in [0.05, 0.1) is 16.3 Å². The van der Waals surface area contributed by atoms with Crippen LogP contribution in [0.4, 0.5) is 17.3 Å². The predicted octanol–water partition coefficient (Wildman–Crippen LogP) is 6.85. The maximum Gasteiger partial charge on any atom is 0.261 e. The molecule has 47 heavy (non-hydrogen) atoms. The first-order valence-corrected chi connectivity index (χ1v) is 17.3. The minimum atomic E-state index is -0.143. The molecule has 0 radical (unpaired) electrons. The van der Waals surface area contributed by atoms with Crippen molar-refractivity contribution in [2.45, 2.75) is 58.4 Å². The van der Waals surface area contributed by atoms with E-state index in [1.54, 1.807) is 10.8 Å². The van der Waals surface area contributed by atoms with Crippen LogP contribution in [-0.2, 0) is 11.3 Å². The van der Waals surface area contributed by atoms with Gasteiger partial charge in [0.25, 0.3) is 5.56 Å². The molecule has 7 rings (SSSR count). The molecule has 3 aromatic heterocycles. The molecule has 3 aliphatic rings. The lowest BCUT2D eigenvalue weighted by molar-refractivity contribution is 0.0613. The van der Waals surface area contributed by atoms with Crippen molar-refractivity contribution in [3.8, 4) is 11.3 Å². The highest BCUT2D eigenvalue weighted by atomic mass is 35.5. The maximum atomic E-state index is 14.3. The molecule has 1 aromatic carbocycles. The van der Waals surface area contributed by atoms with Gasteiger partial charge in [-0.15, -0.1) is 0 Å². The van der Waals surface area contributed by atoms with E-state index in [0.717, 1.165) is 74.9 Å². The number of hydrogen-bond acceptors (Lipinski definition) is 8. The molecule has 0 bridgehead atoms. The number of hydrogen-bond donors (Lipinski definition) is 2. The Kier molecular flexibility index (Phi) is 9.30. The molecule has 4 aromatic rings. The lowest BCUT2D eigenvalue weighted by atomic mass is 9.95. The van der Waals surface area contributed by atoms with Crippen LogP contribution in [0.5, 0.6) is 0 Å². The lowest BCUT2D eigenvalue weighted by Crippen LogP contribution is -2.43. The zero-order chi connectivity index (χ0) is 32.5. The van der Waals surface area contributed by atoms with E-state index in [9.17, 15) is 4.79 Å². The van der Waals surface area contributed by atoms with Gasteiger partial charge in [0.1, 0.15) is 5.65 Å². The van der Waals surface area contributed by atoms with Gasteiger partial charge < -0.3 is 20.3 Å². The molecule has 2 saturated heterocycles. The zero-order valence-corrected chi connectivity index (χ0v) is 28.2. The molecule has 9 nitrogen and oxygen atoms in total. The van der Waals surface area contributed by atoms with E-state index in [4.69, 9.17) is 26.3 Å². The number of nitrogens with zero attached hydrogens (tertiary/aromatic N) is 5. The molecule has 0 amide bonds. The number of aromatic nitrogens is 4. The number of fused-ring (bicyclic) bond motifs is 1. The van der Waals surface area contributed by atoms with Gasteiger partial charge in [0.2, 0.25) is 5.95 Å². The Balaban J connectivity index is 1.22. The van der Waals surface area contributed by atoms with Crippen LogP contribution in [0.2, 0.25) is 5.02 Å². The predicted molar refractivity (Wildman–Crippen MR) is 190 cm³/mol. The first-order valence-electron chi connectivity index (χ1n) is 17.0. The van der Waals surface area contributed by atoms with Crippen molar-refractivity contribution >= 4 is 40.0 Å². The normalized spacial score (nSPS) is 20.5. The molecule has 2 N–H and O–H groups in total. The molecule has 2 aliphatic heterocycles. The fourth-order valence-corrected chi connectivity index (χ4v) is 7.75. The van der Waals surface area contributed by atoms with Crippen molar-refractivity contribution in [2.75, 3.05) is 49.6 Å². The second kappa shape index (κ2) is 13.7. The number of halogens is 1. The third-order valence-electron chi connectivity index (χ3n) is 10.2. The van der Waals surface area contributed by atoms with Gasteiger partial charge in [0.15, 0.2) is 0 Å². The average molecular weight is 654 g/mol. The zero-order valence-electron chi connectivity index (χ0n) is 27.4. The molecule has 2 unspecified atom stereocenters. The summed E-state index contributed by atoms with van der Waals surface area (Å²) in [6, 6.07) is 10.2. The van der Waals surface area contributed by atoms with Gasteiger partial charge in [-0.25, -0.2) is 4.98 Å². The summed E-state index contributed by atoms with van der Waals surface area (Å²) in [5.41, 5.74) is 7.13. The quantitative estimate of drug-likeness (QED) is 0.199. The Morgan fingerprint density at radius 3 is 2.62 bits per heavy atom. The molecule has 246 valence electrons. The number of rotatable bonds is 8. The molecule has 0 spiro atoms. The molecule has 3 fully saturated rings. The standard InChI is InChI=1S/C37H44ClN7O2/c1-23(2)26-4-5-27(17-26)28-19-32(38)34(40-20-28)31-18-29-21-41-37(43-35(29)45(36(31)46)22-25-8-14-47-15-9-25)42-30-6-7-33(24(3)16-30)44-12-10-39-11-13-44/h6-7,16,18-21,25-27,39H,1,4-5,8-15,17,22H2,2-3H3,(H,41,42,43). The first-order chi connectivity index (χ1) is 22.8. The highest BCUT2D eigenvalue weighted by Crippen LogP contribution is 2.42. The number of piperazine rings is 1. The van der Waals surface area contributed by atoms with Crippen LogP contribution in [0.25, 0.3) is 22.3 Å². The number of pyridine rings is 2. The largest absolute Gasteiger partial charge is 0.381 e. The van der Waals surface area contributed by atoms with Gasteiger partial charge in [-0.05, 0) is 105 Å². The second-order valence-electron chi connectivity index (χ2n) is 13.5. The van der Waals surface area contributed by atoms with Crippen LogP contribution in [0.1, 0.15) is 56.1 Å². The van der Waals surface area contributed by atoms with Gasteiger partial charge in [0, 0.05) is 75.1 Å². The monoisotopic (exact) mass is 653 g/mol. The van der Waals surface area contributed by atoms with Crippen molar-refractivity contribution < 1.29 is 4.74 Å². The Morgan fingerprint density at radius 2 is 1.89 bits per heavy atom. The molecule has 1 aliphatic carbocycles. The second-order valence-corrected chi connectivity index (χ2v) is 13.9. The van der Waals surface area contributed by atoms with E-state index in [1.165, 1.54) is 16.8 Å². The van der Waals surface area contributed by atoms with Gasteiger partial charge in [-0.2, -0.15) is 4.98 Å². The summed E-state index contributed by atoms with van der Waals surface area (Å²) in [5, 5.41) is 8.07. The Hall–Kier alpha value is -3.79. The number of benzene rings is 1. The number of nitrogens with one attached hydrogen (secondary N) is 2. The topological polar surface area (TPSA) is 97.2 Å². The fraction of sp³-hybridized carbons (Fsp3) is 0.459. The van der Waals surface area contributed by atoms with E-state index < -0.39 is 0 Å². The van der Waals surface area contributed by atoms with Crippen molar-refractivity contribution in [3.63, 3.8) is 0 Å². The van der Waals surface area contributed by atoms with Crippen LogP contribution in [0.15, 0.2) is 59.7 Å². The molecule has 2 atom stereocenters. The number of aryl methyl sites for hydroxylation is 1. The summed E-state index contributed by atoms with van der Waals surface area (Å²) in [7, 11) is 0.